The van der Waals surface area contributed by atoms with E-state index in [4.69, 9.17) is 9.84 Å². The normalized spacial score (nSPS) is 26.4. The molecule has 0 aromatic carbocycles. The minimum atomic E-state index is -3.47. The van der Waals surface area contributed by atoms with E-state index in [0.29, 0.717) is 10.8 Å². The van der Waals surface area contributed by atoms with Gasteiger partial charge in [-0.05, 0) is 26.0 Å². The summed E-state index contributed by atoms with van der Waals surface area (Å²) in [6.07, 6.45) is -0.433. The van der Waals surface area contributed by atoms with Crippen molar-refractivity contribution >= 4 is 21.4 Å². The average molecular weight is 291 g/mol. The molecule has 0 radical (unpaired) electrons. The summed E-state index contributed by atoms with van der Waals surface area (Å²) in [5.41, 5.74) is 0. The Hall–Kier alpha value is -0.470. The van der Waals surface area contributed by atoms with Gasteiger partial charge in [-0.2, -0.15) is 4.31 Å². The monoisotopic (exact) mass is 291 g/mol. The second kappa shape index (κ2) is 5.26. The highest BCUT2D eigenvalue weighted by molar-refractivity contribution is 7.91. The molecule has 102 valence electrons. The molecule has 1 aromatic rings. The SMILES string of the molecule is Cc1ccc(S(=O)(=O)N2CC(CO)OCC2C)s1. The molecule has 0 aliphatic carbocycles. The van der Waals surface area contributed by atoms with E-state index < -0.39 is 16.1 Å². The van der Waals surface area contributed by atoms with Gasteiger partial charge in [0.2, 0.25) is 0 Å². The lowest BCUT2D eigenvalue weighted by Crippen LogP contribution is -2.51. The van der Waals surface area contributed by atoms with E-state index in [1.165, 1.54) is 15.6 Å². The first-order valence-electron chi connectivity index (χ1n) is 5.76. The van der Waals surface area contributed by atoms with Crippen molar-refractivity contribution in [2.24, 2.45) is 0 Å². The zero-order chi connectivity index (χ0) is 13.3. The van der Waals surface area contributed by atoms with Crippen LogP contribution < -0.4 is 0 Å². The molecule has 1 saturated heterocycles. The lowest BCUT2D eigenvalue weighted by molar-refractivity contribution is -0.0515. The van der Waals surface area contributed by atoms with E-state index in [0.717, 1.165) is 4.88 Å². The van der Waals surface area contributed by atoms with Crippen LogP contribution >= 0.6 is 11.3 Å². The summed E-state index contributed by atoms with van der Waals surface area (Å²) in [6, 6.07) is 3.22. The van der Waals surface area contributed by atoms with Gasteiger partial charge in [-0.1, -0.05) is 0 Å². The number of hydrogen-bond donors (Lipinski definition) is 1. The predicted molar refractivity (Wildman–Crippen MR) is 69.2 cm³/mol. The fourth-order valence-corrected chi connectivity index (χ4v) is 4.96. The van der Waals surface area contributed by atoms with E-state index in [-0.39, 0.29) is 19.2 Å². The minimum Gasteiger partial charge on any atom is -0.394 e. The summed E-state index contributed by atoms with van der Waals surface area (Å²) in [5.74, 6) is 0. The molecule has 1 N–H and O–H groups in total. The molecule has 18 heavy (non-hydrogen) atoms. The second-order valence-corrected chi connectivity index (χ2v) is 7.83. The highest BCUT2D eigenvalue weighted by Crippen LogP contribution is 2.27. The summed E-state index contributed by atoms with van der Waals surface area (Å²) in [7, 11) is -3.47. The Morgan fingerprint density at radius 2 is 2.28 bits per heavy atom. The van der Waals surface area contributed by atoms with Crippen LogP contribution in [0.4, 0.5) is 0 Å². The van der Waals surface area contributed by atoms with Crippen LogP contribution in [-0.4, -0.2) is 49.7 Å². The van der Waals surface area contributed by atoms with Gasteiger partial charge in [0.05, 0.1) is 19.3 Å². The van der Waals surface area contributed by atoms with Crippen molar-refractivity contribution in [3.63, 3.8) is 0 Å². The fraction of sp³-hybridized carbons (Fsp3) is 0.636. The molecule has 7 heteroatoms. The Labute approximate surface area is 111 Å². The molecular weight excluding hydrogens is 274 g/mol. The second-order valence-electron chi connectivity index (χ2n) is 4.43. The Kier molecular flexibility index (Phi) is 4.08. The first kappa shape index (κ1) is 14.0. The van der Waals surface area contributed by atoms with Crippen LogP contribution in [0.15, 0.2) is 16.3 Å². The largest absolute Gasteiger partial charge is 0.394 e. The number of sulfonamides is 1. The van der Waals surface area contributed by atoms with Gasteiger partial charge in [-0.3, -0.25) is 0 Å². The number of hydrogen-bond acceptors (Lipinski definition) is 5. The van der Waals surface area contributed by atoms with E-state index in [1.807, 2.05) is 13.8 Å². The average Bonchev–Trinajstić information content (AvgIpc) is 2.77. The van der Waals surface area contributed by atoms with Gasteiger partial charge in [-0.25, -0.2) is 8.42 Å². The summed E-state index contributed by atoms with van der Waals surface area (Å²) in [5, 5.41) is 9.09. The van der Waals surface area contributed by atoms with Crippen LogP contribution in [0.3, 0.4) is 0 Å². The molecule has 0 bridgehead atoms. The molecule has 0 amide bonds. The summed E-state index contributed by atoms with van der Waals surface area (Å²) in [4.78, 5) is 0.966. The predicted octanol–water partition coefficient (Wildman–Crippen LogP) is 0.827. The van der Waals surface area contributed by atoms with E-state index in [9.17, 15) is 8.42 Å². The van der Waals surface area contributed by atoms with Crippen molar-refractivity contribution in [1.29, 1.82) is 0 Å². The van der Waals surface area contributed by atoms with E-state index in [1.54, 1.807) is 12.1 Å². The van der Waals surface area contributed by atoms with E-state index in [2.05, 4.69) is 0 Å². The maximum Gasteiger partial charge on any atom is 0.252 e. The van der Waals surface area contributed by atoms with Crippen LogP contribution in [0.5, 0.6) is 0 Å². The quantitative estimate of drug-likeness (QED) is 0.895. The molecule has 0 spiro atoms. The standard InChI is InChI=1S/C11H17NO4S2/c1-8-7-16-10(6-13)5-12(8)18(14,15)11-4-3-9(2)17-11/h3-4,8,10,13H,5-7H2,1-2H3. The number of thiophene rings is 1. The molecule has 1 aliphatic heterocycles. The topological polar surface area (TPSA) is 66.8 Å². The first-order valence-corrected chi connectivity index (χ1v) is 8.01. The highest BCUT2D eigenvalue weighted by atomic mass is 32.2. The van der Waals surface area contributed by atoms with Gasteiger partial charge in [0, 0.05) is 17.5 Å². The van der Waals surface area contributed by atoms with Gasteiger partial charge in [0.25, 0.3) is 10.0 Å². The van der Waals surface area contributed by atoms with Crippen LogP contribution in [0.1, 0.15) is 11.8 Å². The highest BCUT2D eigenvalue weighted by Gasteiger charge is 2.35. The Balaban J connectivity index is 2.28. The Bertz CT molecular complexity index is 511. The van der Waals surface area contributed by atoms with Crippen LogP contribution in [0.2, 0.25) is 0 Å². The zero-order valence-corrected chi connectivity index (χ0v) is 12.0. The molecule has 2 heterocycles. The van der Waals surface area contributed by atoms with E-state index >= 15 is 0 Å². The molecule has 2 unspecified atom stereocenters. The van der Waals surface area contributed by atoms with Crippen molar-refractivity contribution in [2.45, 2.75) is 30.2 Å². The van der Waals surface area contributed by atoms with Crippen molar-refractivity contribution in [2.75, 3.05) is 19.8 Å². The molecule has 5 nitrogen and oxygen atoms in total. The van der Waals surface area contributed by atoms with Gasteiger partial charge >= 0.3 is 0 Å². The Morgan fingerprint density at radius 1 is 1.56 bits per heavy atom. The lowest BCUT2D eigenvalue weighted by atomic mass is 10.2. The summed E-state index contributed by atoms with van der Waals surface area (Å²) >= 11 is 1.27. The van der Waals surface area contributed by atoms with Crippen LogP contribution in [0, 0.1) is 6.92 Å². The summed E-state index contributed by atoms with van der Waals surface area (Å²) in [6.45, 7) is 4.04. The molecule has 1 fully saturated rings. The number of aryl methyl sites for hydroxylation is 1. The first-order chi connectivity index (χ1) is 8.45. The van der Waals surface area contributed by atoms with Crippen molar-refractivity contribution < 1.29 is 18.3 Å². The van der Waals surface area contributed by atoms with Gasteiger partial charge in [0.1, 0.15) is 4.21 Å². The summed E-state index contributed by atoms with van der Waals surface area (Å²) < 4.78 is 32.1. The maximum absolute atomic E-state index is 12.5. The van der Waals surface area contributed by atoms with Crippen LogP contribution in [-0.2, 0) is 14.8 Å². The van der Waals surface area contributed by atoms with Crippen molar-refractivity contribution in [3.8, 4) is 0 Å². The van der Waals surface area contributed by atoms with Gasteiger partial charge in [-0.15, -0.1) is 11.3 Å². The number of aliphatic hydroxyl groups is 1. The lowest BCUT2D eigenvalue weighted by Gasteiger charge is -2.35. The number of ether oxygens (including phenoxy) is 1. The minimum absolute atomic E-state index is 0.164. The van der Waals surface area contributed by atoms with Crippen LogP contribution in [0.25, 0.3) is 0 Å². The number of aliphatic hydroxyl groups excluding tert-OH is 1. The third kappa shape index (κ3) is 2.60. The van der Waals surface area contributed by atoms with Crippen molar-refractivity contribution in [1.82, 2.24) is 4.31 Å². The molecule has 2 rings (SSSR count). The third-order valence-electron chi connectivity index (χ3n) is 2.93. The maximum atomic E-state index is 12.5. The Morgan fingerprint density at radius 3 is 2.83 bits per heavy atom. The molecule has 1 aromatic heterocycles. The number of rotatable bonds is 3. The molecule has 2 atom stereocenters. The third-order valence-corrected chi connectivity index (χ3v) is 6.38. The molecule has 1 aliphatic rings. The number of morpholine rings is 1. The number of nitrogens with zero attached hydrogens (tertiary/aromatic N) is 1. The fourth-order valence-electron chi connectivity index (χ4n) is 1.90. The smallest absolute Gasteiger partial charge is 0.252 e. The van der Waals surface area contributed by atoms with Gasteiger partial charge in [0.15, 0.2) is 0 Å². The van der Waals surface area contributed by atoms with Gasteiger partial charge < -0.3 is 9.84 Å². The molecular formula is C11H17NO4S2. The van der Waals surface area contributed by atoms with Crippen molar-refractivity contribution in [3.05, 3.63) is 17.0 Å². The zero-order valence-electron chi connectivity index (χ0n) is 10.4. The molecule has 0 saturated carbocycles.